The second kappa shape index (κ2) is 8.39. The lowest BCUT2D eigenvalue weighted by Crippen LogP contribution is -2.22. The van der Waals surface area contributed by atoms with Crippen molar-refractivity contribution in [1.29, 1.82) is 0 Å². The van der Waals surface area contributed by atoms with E-state index in [2.05, 4.69) is 15.0 Å². The summed E-state index contributed by atoms with van der Waals surface area (Å²) in [4.78, 5) is 19.2. The lowest BCUT2D eigenvalue weighted by atomic mass is 10.1. The van der Waals surface area contributed by atoms with Crippen LogP contribution in [0.4, 0.5) is 24.7 Å². The van der Waals surface area contributed by atoms with E-state index in [-0.39, 0.29) is 29.4 Å². The SMILES string of the molecule is CN(CCO)c1cccc(-c2ccc3c(c2)C(=O)Nc2cc(OC(F)(F)F)ccc2O3)n1. The molecular weight excluding hydrogens is 427 g/mol. The Balaban J connectivity index is 1.65. The Morgan fingerprint density at radius 2 is 1.91 bits per heavy atom. The highest BCUT2D eigenvalue weighted by Gasteiger charge is 2.32. The largest absolute Gasteiger partial charge is 0.573 e. The maximum atomic E-state index is 12.8. The number of nitrogens with one attached hydrogen (secondary N) is 1. The van der Waals surface area contributed by atoms with Crippen molar-refractivity contribution in [1.82, 2.24) is 4.98 Å². The molecule has 0 saturated carbocycles. The number of rotatable bonds is 5. The molecule has 0 unspecified atom stereocenters. The van der Waals surface area contributed by atoms with Crippen LogP contribution in [-0.4, -0.2) is 42.6 Å². The summed E-state index contributed by atoms with van der Waals surface area (Å²) in [5.74, 6) is 0.0723. The van der Waals surface area contributed by atoms with Crippen LogP contribution in [0.3, 0.4) is 0 Å². The molecule has 1 amide bonds. The zero-order valence-corrected chi connectivity index (χ0v) is 16.8. The second-order valence-electron chi connectivity index (χ2n) is 7.00. The summed E-state index contributed by atoms with van der Waals surface area (Å²) in [6.07, 6.45) is -4.85. The molecule has 0 aliphatic carbocycles. The van der Waals surface area contributed by atoms with Crippen LogP contribution in [0, 0.1) is 0 Å². The van der Waals surface area contributed by atoms with Crippen molar-refractivity contribution < 1.29 is 32.5 Å². The Morgan fingerprint density at radius 1 is 1.12 bits per heavy atom. The summed E-state index contributed by atoms with van der Waals surface area (Å²) < 4.78 is 47.2. The normalized spacial score (nSPS) is 12.7. The Labute approximate surface area is 181 Å². The fraction of sp³-hybridized carbons (Fsp3) is 0.182. The van der Waals surface area contributed by atoms with E-state index in [9.17, 15) is 18.0 Å². The zero-order chi connectivity index (χ0) is 22.9. The summed E-state index contributed by atoms with van der Waals surface area (Å²) in [6, 6.07) is 13.8. The third kappa shape index (κ3) is 4.59. The predicted octanol–water partition coefficient (Wildman–Crippen LogP) is 4.43. The van der Waals surface area contributed by atoms with Gasteiger partial charge >= 0.3 is 6.36 Å². The number of likely N-dealkylation sites (N-methyl/N-ethyl adjacent to an activating group) is 1. The minimum absolute atomic E-state index is 0.0188. The summed E-state index contributed by atoms with van der Waals surface area (Å²) in [7, 11) is 1.80. The van der Waals surface area contributed by atoms with Gasteiger partial charge in [-0.05, 0) is 42.5 Å². The van der Waals surface area contributed by atoms with E-state index < -0.39 is 18.0 Å². The highest BCUT2D eigenvalue weighted by molar-refractivity contribution is 6.08. The van der Waals surface area contributed by atoms with Crippen molar-refractivity contribution >= 4 is 17.4 Å². The highest BCUT2D eigenvalue weighted by Crippen LogP contribution is 2.39. The molecule has 2 aromatic carbocycles. The summed E-state index contributed by atoms with van der Waals surface area (Å²) in [5.41, 5.74) is 1.51. The Bertz CT molecular complexity index is 1170. The molecule has 7 nitrogen and oxygen atoms in total. The van der Waals surface area contributed by atoms with E-state index in [4.69, 9.17) is 9.84 Å². The van der Waals surface area contributed by atoms with Crippen LogP contribution in [0.1, 0.15) is 10.4 Å². The maximum Gasteiger partial charge on any atom is 0.573 e. The molecular formula is C22H18F3N3O4. The number of alkyl halides is 3. The number of amides is 1. The molecule has 1 aliphatic heterocycles. The van der Waals surface area contributed by atoms with Gasteiger partial charge in [-0.15, -0.1) is 13.2 Å². The smallest absolute Gasteiger partial charge is 0.454 e. The first-order chi connectivity index (χ1) is 15.2. The van der Waals surface area contributed by atoms with Crippen LogP contribution >= 0.6 is 0 Å². The zero-order valence-electron chi connectivity index (χ0n) is 16.8. The molecule has 1 aromatic heterocycles. The highest BCUT2D eigenvalue weighted by atomic mass is 19.4. The number of carbonyl (C=O) groups is 1. The van der Waals surface area contributed by atoms with Crippen LogP contribution < -0.4 is 19.7 Å². The number of hydrogen-bond donors (Lipinski definition) is 2. The quantitative estimate of drug-likeness (QED) is 0.605. The van der Waals surface area contributed by atoms with Crippen LogP contribution in [-0.2, 0) is 0 Å². The van der Waals surface area contributed by atoms with Crippen molar-refractivity contribution in [3.63, 3.8) is 0 Å². The van der Waals surface area contributed by atoms with Crippen LogP contribution in [0.15, 0.2) is 54.6 Å². The fourth-order valence-corrected chi connectivity index (χ4v) is 3.22. The molecule has 0 atom stereocenters. The molecule has 0 radical (unpaired) electrons. The third-order valence-corrected chi connectivity index (χ3v) is 4.73. The fourth-order valence-electron chi connectivity index (χ4n) is 3.22. The number of hydrogen-bond acceptors (Lipinski definition) is 6. The van der Waals surface area contributed by atoms with Crippen molar-refractivity contribution in [2.24, 2.45) is 0 Å². The lowest BCUT2D eigenvalue weighted by molar-refractivity contribution is -0.274. The van der Waals surface area contributed by atoms with Crippen LogP contribution in [0.25, 0.3) is 11.3 Å². The van der Waals surface area contributed by atoms with E-state index >= 15 is 0 Å². The predicted molar refractivity (Wildman–Crippen MR) is 111 cm³/mol. The van der Waals surface area contributed by atoms with Gasteiger partial charge in [0.2, 0.25) is 0 Å². The summed E-state index contributed by atoms with van der Waals surface area (Å²) in [5, 5.41) is 11.7. The number of aliphatic hydroxyl groups is 1. The molecule has 0 spiro atoms. The number of pyridine rings is 1. The topological polar surface area (TPSA) is 83.9 Å². The number of aromatic nitrogens is 1. The van der Waals surface area contributed by atoms with Gasteiger partial charge in [0.05, 0.1) is 23.6 Å². The standard InChI is InChI=1S/C22H18F3N3O4/c1-28(9-10-29)20-4-2-3-16(26-20)13-5-7-18-15(11-13)21(30)27-17-12-14(32-22(23,24)25)6-8-19(17)31-18/h2-8,11-12,29H,9-10H2,1H3,(H,27,30). The van der Waals surface area contributed by atoms with Gasteiger partial charge < -0.3 is 24.8 Å². The number of ether oxygens (including phenoxy) is 2. The summed E-state index contributed by atoms with van der Waals surface area (Å²) in [6.45, 7) is 0.393. The van der Waals surface area contributed by atoms with Crippen molar-refractivity contribution in [3.8, 4) is 28.5 Å². The van der Waals surface area contributed by atoms with Gasteiger partial charge in [0.25, 0.3) is 5.91 Å². The average Bonchev–Trinajstić information content (AvgIpc) is 2.88. The molecule has 32 heavy (non-hydrogen) atoms. The second-order valence-corrected chi connectivity index (χ2v) is 7.00. The maximum absolute atomic E-state index is 12.8. The summed E-state index contributed by atoms with van der Waals surface area (Å²) >= 11 is 0. The Morgan fingerprint density at radius 3 is 2.66 bits per heavy atom. The van der Waals surface area contributed by atoms with E-state index in [1.807, 2.05) is 6.07 Å². The van der Waals surface area contributed by atoms with Gasteiger partial charge in [-0.1, -0.05) is 6.07 Å². The molecule has 166 valence electrons. The number of nitrogens with zero attached hydrogens (tertiary/aromatic N) is 2. The first-order valence-corrected chi connectivity index (χ1v) is 9.56. The molecule has 2 N–H and O–H groups in total. The molecule has 0 saturated heterocycles. The molecule has 2 heterocycles. The molecule has 10 heteroatoms. The van der Waals surface area contributed by atoms with Gasteiger partial charge in [0, 0.05) is 25.2 Å². The number of halogens is 3. The van der Waals surface area contributed by atoms with Crippen molar-refractivity contribution in [2.75, 3.05) is 30.4 Å². The molecule has 0 bridgehead atoms. The number of aliphatic hydroxyl groups excluding tert-OH is 1. The van der Waals surface area contributed by atoms with E-state index in [0.717, 1.165) is 12.1 Å². The third-order valence-electron chi connectivity index (χ3n) is 4.73. The molecule has 3 aromatic rings. The van der Waals surface area contributed by atoms with E-state index in [1.54, 1.807) is 42.3 Å². The Hall–Kier alpha value is -3.79. The number of fused-ring (bicyclic) bond motifs is 2. The lowest BCUT2D eigenvalue weighted by Gasteiger charge is -2.17. The first kappa shape index (κ1) is 21.4. The van der Waals surface area contributed by atoms with E-state index in [1.165, 1.54) is 6.07 Å². The minimum Gasteiger partial charge on any atom is -0.454 e. The molecule has 4 rings (SSSR count). The minimum atomic E-state index is -4.85. The number of carbonyl (C=O) groups excluding carboxylic acids is 1. The number of benzene rings is 2. The van der Waals surface area contributed by atoms with E-state index in [0.29, 0.717) is 23.6 Å². The van der Waals surface area contributed by atoms with Gasteiger partial charge in [0.1, 0.15) is 17.3 Å². The van der Waals surface area contributed by atoms with Gasteiger partial charge in [-0.3, -0.25) is 4.79 Å². The number of anilines is 2. The van der Waals surface area contributed by atoms with Gasteiger partial charge in [-0.25, -0.2) is 4.98 Å². The van der Waals surface area contributed by atoms with Crippen molar-refractivity contribution in [2.45, 2.75) is 6.36 Å². The molecule has 1 aliphatic rings. The molecule has 0 fully saturated rings. The van der Waals surface area contributed by atoms with Crippen LogP contribution in [0.5, 0.6) is 17.2 Å². The average molecular weight is 445 g/mol. The monoisotopic (exact) mass is 445 g/mol. The van der Waals surface area contributed by atoms with Gasteiger partial charge in [-0.2, -0.15) is 0 Å². The van der Waals surface area contributed by atoms with Crippen molar-refractivity contribution in [3.05, 3.63) is 60.2 Å². The van der Waals surface area contributed by atoms with Gasteiger partial charge in [0.15, 0.2) is 5.75 Å². The Kier molecular flexibility index (Phi) is 5.62. The first-order valence-electron chi connectivity index (χ1n) is 9.56. The van der Waals surface area contributed by atoms with Crippen LogP contribution in [0.2, 0.25) is 0 Å².